The highest BCUT2D eigenvalue weighted by atomic mass is 16.6. The second kappa shape index (κ2) is 9.41. The molecule has 0 aromatic heterocycles. The molecule has 0 bridgehead atoms. The van der Waals surface area contributed by atoms with E-state index < -0.39 is 5.97 Å². The number of hydrogen-bond donors (Lipinski definition) is 1. The number of amides is 1. The summed E-state index contributed by atoms with van der Waals surface area (Å²) in [5.74, 6) is 0.548. The molecule has 144 valence electrons. The fourth-order valence-corrected chi connectivity index (χ4v) is 2.62. The van der Waals surface area contributed by atoms with E-state index in [9.17, 15) is 9.59 Å². The van der Waals surface area contributed by atoms with Crippen molar-refractivity contribution in [1.82, 2.24) is 5.32 Å². The molecule has 6 heteroatoms. The lowest BCUT2D eigenvalue weighted by Gasteiger charge is -2.09. The molecule has 3 rings (SSSR count). The number of ether oxygens (including phenoxy) is 3. The number of hydrogen-bond acceptors (Lipinski definition) is 5. The number of fused-ring (bicyclic) bond motifs is 1. The first-order valence-corrected chi connectivity index (χ1v) is 8.85. The Kier molecular flexibility index (Phi) is 6.46. The summed E-state index contributed by atoms with van der Waals surface area (Å²) in [6, 6.07) is 20.3. The van der Waals surface area contributed by atoms with Gasteiger partial charge in [-0.1, -0.05) is 30.3 Å². The van der Waals surface area contributed by atoms with Crippen LogP contribution in [0.5, 0.6) is 11.5 Å². The first kappa shape index (κ1) is 19.2. The maximum Gasteiger partial charge on any atom is 0.325 e. The van der Waals surface area contributed by atoms with Crippen LogP contribution in [0.4, 0.5) is 0 Å². The molecule has 0 aliphatic rings. The Morgan fingerprint density at radius 1 is 0.857 bits per heavy atom. The van der Waals surface area contributed by atoms with E-state index in [0.717, 1.165) is 16.5 Å². The van der Waals surface area contributed by atoms with Gasteiger partial charge in [0.25, 0.3) is 5.91 Å². The van der Waals surface area contributed by atoms with Crippen molar-refractivity contribution in [2.75, 3.05) is 26.9 Å². The summed E-state index contributed by atoms with van der Waals surface area (Å²) in [6.07, 6.45) is 0. The van der Waals surface area contributed by atoms with Gasteiger partial charge < -0.3 is 19.5 Å². The highest BCUT2D eigenvalue weighted by molar-refractivity contribution is 5.99. The van der Waals surface area contributed by atoms with Crippen LogP contribution in [0, 0.1) is 0 Å². The molecule has 0 spiro atoms. The molecule has 1 N–H and O–H groups in total. The summed E-state index contributed by atoms with van der Waals surface area (Å²) in [6.45, 7) is 0.113. The Morgan fingerprint density at radius 3 is 2.32 bits per heavy atom. The molecule has 0 unspecified atom stereocenters. The van der Waals surface area contributed by atoms with Gasteiger partial charge in [0.2, 0.25) is 0 Å². The number of rotatable bonds is 8. The molecule has 0 atom stereocenters. The predicted molar refractivity (Wildman–Crippen MR) is 106 cm³/mol. The fourth-order valence-electron chi connectivity index (χ4n) is 2.62. The summed E-state index contributed by atoms with van der Waals surface area (Å²) < 4.78 is 15.6. The Balaban J connectivity index is 1.38. The molecule has 0 fully saturated rings. The Labute approximate surface area is 163 Å². The molecule has 1 amide bonds. The molecular weight excluding hydrogens is 358 g/mol. The van der Waals surface area contributed by atoms with Gasteiger partial charge in [0, 0.05) is 5.56 Å². The van der Waals surface area contributed by atoms with Crippen molar-refractivity contribution in [2.24, 2.45) is 0 Å². The van der Waals surface area contributed by atoms with Crippen LogP contribution in [0.1, 0.15) is 10.4 Å². The van der Waals surface area contributed by atoms with E-state index in [1.807, 2.05) is 30.3 Å². The van der Waals surface area contributed by atoms with E-state index in [4.69, 9.17) is 14.2 Å². The minimum atomic E-state index is -0.521. The molecule has 0 aliphatic carbocycles. The van der Waals surface area contributed by atoms with E-state index in [2.05, 4.69) is 5.32 Å². The molecule has 0 heterocycles. The number of nitrogens with one attached hydrogen (secondary N) is 1. The molecule has 0 aliphatic heterocycles. The molecule has 3 aromatic rings. The van der Waals surface area contributed by atoms with Crippen molar-refractivity contribution in [3.63, 3.8) is 0 Å². The van der Waals surface area contributed by atoms with Gasteiger partial charge in [0.05, 0.1) is 7.11 Å². The van der Waals surface area contributed by atoms with Gasteiger partial charge in [0.15, 0.2) is 0 Å². The average molecular weight is 379 g/mol. The lowest BCUT2D eigenvalue weighted by molar-refractivity contribution is -0.143. The van der Waals surface area contributed by atoms with Gasteiger partial charge in [-0.2, -0.15) is 0 Å². The van der Waals surface area contributed by atoms with E-state index in [1.54, 1.807) is 43.5 Å². The van der Waals surface area contributed by atoms with Gasteiger partial charge >= 0.3 is 5.97 Å². The lowest BCUT2D eigenvalue weighted by atomic mass is 10.1. The van der Waals surface area contributed by atoms with Crippen LogP contribution >= 0.6 is 0 Å². The Bertz CT molecular complexity index is 953. The average Bonchev–Trinajstić information content (AvgIpc) is 2.75. The Hall–Kier alpha value is -3.54. The SMILES string of the molecule is COc1ccc(OCCOC(=O)CNC(=O)c2ccc3ccccc3c2)cc1. The second-order valence-electron chi connectivity index (χ2n) is 5.99. The maximum atomic E-state index is 12.2. The van der Waals surface area contributed by atoms with E-state index in [1.165, 1.54) is 0 Å². The largest absolute Gasteiger partial charge is 0.497 e. The van der Waals surface area contributed by atoms with Crippen molar-refractivity contribution >= 4 is 22.6 Å². The van der Waals surface area contributed by atoms with Gasteiger partial charge in [-0.05, 0) is 47.2 Å². The molecule has 0 radical (unpaired) electrons. The van der Waals surface area contributed by atoms with Gasteiger partial charge in [-0.25, -0.2) is 0 Å². The number of methoxy groups -OCH3 is 1. The maximum absolute atomic E-state index is 12.2. The topological polar surface area (TPSA) is 73.9 Å². The van der Waals surface area contributed by atoms with Crippen LogP contribution in [-0.4, -0.2) is 38.7 Å². The summed E-state index contributed by atoms with van der Waals surface area (Å²) in [5, 5.41) is 4.58. The van der Waals surface area contributed by atoms with Crippen LogP contribution < -0.4 is 14.8 Å². The number of esters is 1. The second-order valence-corrected chi connectivity index (χ2v) is 5.99. The van der Waals surface area contributed by atoms with Crippen LogP contribution in [0.3, 0.4) is 0 Å². The fraction of sp³-hybridized carbons (Fsp3) is 0.182. The molecule has 0 saturated heterocycles. The van der Waals surface area contributed by atoms with E-state index in [-0.39, 0.29) is 25.7 Å². The smallest absolute Gasteiger partial charge is 0.325 e. The van der Waals surface area contributed by atoms with Gasteiger partial charge in [-0.3, -0.25) is 9.59 Å². The van der Waals surface area contributed by atoms with Crippen molar-refractivity contribution in [3.05, 3.63) is 72.3 Å². The third-order valence-electron chi connectivity index (χ3n) is 4.08. The van der Waals surface area contributed by atoms with Crippen LogP contribution in [0.2, 0.25) is 0 Å². The standard InChI is InChI=1S/C22H21NO5/c1-26-19-8-10-20(11-9-19)27-12-13-28-21(24)15-23-22(25)18-7-6-16-4-2-3-5-17(16)14-18/h2-11,14H,12-13,15H2,1H3,(H,23,25). The van der Waals surface area contributed by atoms with Crippen LogP contribution in [-0.2, 0) is 9.53 Å². The van der Waals surface area contributed by atoms with Crippen molar-refractivity contribution in [3.8, 4) is 11.5 Å². The highest BCUT2D eigenvalue weighted by Crippen LogP contribution is 2.17. The zero-order valence-electron chi connectivity index (χ0n) is 15.5. The van der Waals surface area contributed by atoms with Crippen molar-refractivity contribution < 1.29 is 23.8 Å². The van der Waals surface area contributed by atoms with Gasteiger partial charge in [-0.15, -0.1) is 0 Å². The number of carbonyl (C=O) groups excluding carboxylic acids is 2. The molecule has 28 heavy (non-hydrogen) atoms. The molecular formula is C22H21NO5. The monoisotopic (exact) mass is 379 g/mol. The van der Waals surface area contributed by atoms with Crippen molar-refractivity contribution in [2.45, 2.75) is 0 Å². The molecule has 6 nitrogen and oxygen atoms in total. The summed E-state index contributed by atoms with van der Waals surface area (Å²) in [7, 11) is 1.59. The molecule has 3 aromatic carbocycles. The number of carbonyl (C=O) groups is 2. The van der Waals surface area contributed by atoms with E-state index >= 15 is 0 Å². The third-order valence-corrected chi connectivity index (χ3v) is 4.08. The zero-order valence-corrected chi connectivity index (χ0v) is 15.5. The number of benzene rings is 3. The van der Waals surface area contributed by atoms with Crippen LogP contribution in [0.25, 0.3) is 10.8 Å². The summed E-state index contributed by atoms with van der Waals surface area (Å²) in [4.78, 5) is 24.0. The first-order valence-electron chi connectivity index (χ1n) is 8.85. The zero-order chi connectivity index (χ0) is 19.8. The Morgan fingerprint density at radius 2 is 1.57 bits per heavy atom. The van der Waals surface area contributed by atoms with Crippen LogP contribution in [0.15, 0.2) is 66.7 Å². The summed E-state index contributed by atoms with van der Waals surface area (Å²) in [5.41, 5.74) is 0.495. The lowest BCUT2D eigenvalue weighted by Crippen LogP contribution is -2.31. The van der Waals surface area contributed by atoms with Gasteiger partial charge in [0.1, 0.15) is 31.3 Å². The third kappa shape index (κ3) is 5.23. The first-order chi connectivity index (χ1) is 13.7. The minimum absolute atomic E-state index is 0.0940. The summed E-state index contributed by atoms with van der Waals surface area (Å²) >= 11 is 0. The normalized spacial score (nSPS) is 10.3. The predicted octanol–water partition coefficient (Wildman–Crippen LogP) is 3.20. The molecule has 0 saturated carbocycles. The van der Waals surface area contributed by atoms with E-state index in [0.29, 0.717) is 11.3 Å². The quantitative estimate of drug-likeness (QED) is 0.481. The highest BCUT2D eigenvalue weighted by Gasteiger charge is 2.09. The van der Waals surface area contributed by atoms with Crippen molar-refractivity contribution in [1.29, 1.82) is 0 Å². The minimum Gasteiger partial charge on any atom is -0.497 e.